The van der Waals surface area contributed by atoms with E-state index in [0.717, 1.165) is 22.6 Å². The Bertz CT molecular complexity index is 882. The van der Waals surface area contributed by atoms with Crippen molar-refractivity contribution >= 4 is 47.1 Å². The molecule has 6 heteroatoms. The molecule has 152 valence electrons. The summed E-state index contributed by atoms with van der Waals surface area (Å²) < 4.78 is 0. The van der Waals surface area contributed by atoms with E-state index in [9.17, 15) is 9.59 Å². The maximum atomic E-state index is 12.5. The second kappa shape index (κ2) is 11.1. The number of rotatable bonds is 9. The maximum Gasteiger partial charge on any atom is 0.262 e. The van der Waals surface area contributed by atoms with Crippen LogP contribution in [-0.4, -0.2) is 29.9 Å². The molecule has 2 N–H and O–H groups in total. The van der Waals surface area contributed by atoms with Crippen LogP contribution in [0.15, 0.2) is 58.3 Å². The van der Waals surface area contributed by atoms with Gasteiger partial charge in [-0.1, -0.05) is 55.4 Å². The van der Waals surface area contributed by atoms with Gasteiger partial charge in [0.15, 0.2) is 0 Å². The van der Waals surface area contributed by atoms with Crippen LogP contribution in [0.25, 0.3) is 6.08 Å². The third kappa shape index (κ3) is 6.41. The summed E-state index contributed by atoms with van der Waals surface area (Å²) in [6.45, 7) is 2.86. The monoisotopic (exact) mass is 426 g/mol. The number of fused-ring (bicyclic) bond motifs is 1. The summed E-state index contributed by atoms with van der Waals surface area (Å²) in [6, 6.07) is 15.2. The molecule has 0 aromatic heterocycles. The van der Waals surface area contributed by atoms with Crippen LogP contribution in [-0.2, 0) is 4.79 Å². The molecule has 2 aromatic rings. The first-order chi connectivity index (χ1) is 14.2. The Morgan fingerprint density at radius 1 is 1.14 bits per heavy atom. The lowest BCUT2D eigenvalue weighted by molar-refractivity contribution is -0.112. The standard InChI is InChI=1S/C23H26N2O2S2/c1-2-3-13-28-14-7-12-24-22(26)18-10-11-20-19(16-18)25-23(27)21(29-20)15-17-8-5-4-6-9-17/h4-6,8-11,15-16H,2-3,7,12-14H2,1H3,(H,24,26)(H,25,27)/b21-15-. The highest BCUT2D eigenvalue weighted by Crippen LogP contribution is 2.39. The number of carbonyl (C=O) groups excluding carboxylic acids is 2. The van der Waals surface area contributed by atoms with Crippen LogP contribution in [0.1, 0.15) is 42.1 Å². The number of amides is 2. The maximum absolute atomic E-state index is 12.5. The van der Waals surface area contributed by atoms with E-state index in [1.807, 2.05) is 60.3 Å². The summed E-state index contributed by atoms with van der Waals surface area (Å²) in [6.07, 6.45) is 5.31. The second-order valence-electron chi connectivity index (χ2n) is 6.76. The first-order valence-corrected chi connectivity index (χ1v) is 11.9. The number of carbonyl (C=O) groups is 2. The van der Waals surface area contributed by atoms with Crippen molar-refractivity contribution in [1.82, 2.24) is 5.32 Å². The highest BCUT2D eigenvalue weighted by Gasteiger charge is 2.22. The van der Waals surface area contributed by atoms with Gasteiger partial charge in [-0.2, -0.15) is 11.8 Å². The fourth-order valence-electron chi connectivity index (χ4n) is 2.83. The molecule has 0 radical (unpaired) electrons. The van der Waals surface area contributed by atoms with E-state index in [4.69, 9.17) is 0 Å². The molecule has 0 unspecified atom stereocenters. The third-order valence-corrected chi connectivity index (χ3v) is 6.68. The summed E-state index contributed by atoms with van der Waals surface area (Å²) in [5.74, 6) is 2.00. The smallest absolute Gasteiger partial charge is 0.262 e. The molecule has 1 aliphatic rings. The van der Waals surface area contributed by atoms with Crippen LogP contribution in [0.4, 0.5) is 5.69 Å². The number of benzene rings is 2. The number of anilines is 1. The molecule has 2 amide bonds. The first kappa shape index (κ1) is 21.5. The van der Waals surface area contributed by atoms with E-state index in [2.05, 4.69) is 17.6 Å². The summed E-state index contributed by atoms with van der Waals surface area (Å²) in [5, 5.41) is 5.88. The van der Waals surface area contributed by atoms with Crippen molar-refractivity contribution in [3.05, 3.63) is 64.6 Å². The molecule has 29 heavy (non-hydrogen) atoms. The number of hydrogen-bond donors (Lipinski definition) is 2. The van der Waals surface area contributed by atoms with Gasteiger partial charge < -0.3 is 10.6 Å². The Kier molecular flexibility index (Phi) is 8.25. The second-order valence-corrected chi connectivity index (χ2v) is 9.07. The van der Waals surface area contributed by atoms with Crippen molar-refractivity contribution in [2.45, 2.75) is 31.1 Å². The predicted molar refractivity (Wildman–Crippen MR) is 125 cm³/mol. The highest BCUT2D eigenvalue weighted by atomic mass is 32.2. The molecular weight excluding hydrogens is 400 g/mol. The normalized spacial score (nSPS) is 14.4. The van der Waals surface area contributed by atoms with Gasteiger partial charge in [0.1, 0.15) is 0 Å². The van der Waals surface area contributed by atoms with Crippen LogP contribution < -0.4 is 10.6 Å². The van der Waals surface area contributed by atoms with E-state index < -0.39 is 0 Å². The zero-order chi connectivity index (χ0) is 20.5. The van der Waals surface area contributed by atoms with E-state index in [1.165, 1.54) is 30.4 Å². The Labute approximate surface area is 180 Å². The minimum Gasteiger partial charge on any atom is -0.352 e. The summed E-state index contributed by atoms with van der Waals surface area (Å²) >= 11 is 3.36. The van der Waals surface area contributed by atoms with E-state index >= 15 is 0 Å². The van der Waals surface area contributed by atoms with Gasteiger partial charge in [0, 0.05) is 17.0 Å². The molecule has 0 saturated heterocycles. The van der Waals surface area contributed by atoms with Gasteiger partial charge in [0.2, 0.25) is 0 Å². The molecule has 4 nitrogen and oxygen atoms in total. The van der Waals surface area contributed by atoms with Crippen molar-refractivity contribution in [3.8, 4) is 0 Å². The Morgan fingerprint density at radius 3 is 2.72 bits per heavy atom. The van der Waals surface area contributed by atoms with Gasteiger partial charge in [-0.25, -0.2) is 0 Å². The Hall–Kier alpha value is -2.18. The molecule has 0 fully saturated rings. The first-order valence-electron chi connectivity index (χ1n) is 9.93. The topological polar surface area (TPSA) is 58.2 Å². The van der Waals surface area contributed by atoms with Crippen LogP contribution in [0.2, 0.25) is 0 Å². The minimum atomic E-state index is -0.145. The fraction of sp³-hybridized carbons (Fsp3) is 0.304. The van der Waals surface area contributed by atoms with Gasteiger partial charge in [0.25, 0.3) is 11.8 Å². The summed E-state index contributed by atoms with van der Waals surface area (Å²) in [4.78, 5) is 26.4. The molecule has 3 rings (SSSR count). The largest absolute Gasteiger partial charge is 0.352 e. The molecule has 0 spiro atoms. The van der Waals surface area contributed by atoms with Gasteiger partial charge in [-0.15, -0.1) is 0 Å². The molecule has 0 aliphatic carbocycles. The third-order valence-electron chi connectivity index (χ3n) is 4.42. The number of hydrogen-bond acceptors (Lipinski definition) is 4. The molecule has 0 bridgehead atoms. The lowest BCUT2D eigenvalue weighted by atomic mass is 10.1. The van der Waals surface area contributed by atoms with E-state index in [1.54, 1.807) is 6.07 Å². The van der Waals surface area contributed by atoms with Gasteiger partial charge in [-0.05, 0) is 54.2 Å². The van der Waals surface area contributed by atoms with Crippen LogP contribution in [0, 0.1) is 0 Å². The SMILES string of the molecule is CCCCSCCCNC(=O)c1ccc2c(c1)NC(=O)/C(=C/c1ccccc1)S2. The lowest BCUT2D eigenvalue weighted by Gasteiger charge is -2.19. The molecule has 1 aliphatic heterocycles. The van der Waals surface area contributed by atoms with Gasteiger partial charge >= 0.3 is 0 Å². The van der Waals surface area contributed by atoms with Crippen molar-refractivity contribution < 1.29 is 9.59 Å². The number of nitrogens with one attached hydrogen (secondary N) is 2. The molecule has 1 heterocycles. The minimum absolute atomic E-state index is 0.101. The summed E-state index contributed by atoms with van der Waals surface area (Å²) in [5.41, 5.74) is 2.24. The molecule has 0 atom stereocenters. The molecular formula is C23H26N2O2S2. The summed E-state index contributed by atoms with van der Waals surface area (Å²) in [7, 11) is 0. The van der Waals surface area contributed by atoms with Gasteiger partial charge in [-0.3, -0.25) is 9.59 Å². The van der Waals surface area contributed by atoms with Crippen LogP contribution in [0.3, 0.4) is 0 Å². The average Bonchev–Trinajstić information content (AvgIpc) is 2.74. The van der Waals surface area contributed by atoms with Crippen molar-refractivity contribution in [3.63, 3.8) is 0 Å². The van der Waals surface area contributed by atoms with Crippen molar-refractivity contribution in [2.75, 3.05) is 23.4 Å². The number of thioether (sulfide) groups is 2. The van der Waals surface area contributed by atoms with Crippen molar-refractivity contribution in [1.29, 1.82) is 0 Å². The van der Waals surface area contributed by atoms with Crippen LogP contribution >= 0.6 is 23.5 Å². The predicted octanol–water partition coefficient (Wildman–Crippen LogP) is 5.43. The van der Waals surface area contributed by atoms with Crippen molar-refractivity contribution in [2.24, 2.45) is 0 Å². The quantitative estimate of drug-likeness (QED) is 0.415. The van der Waals surface area contributed by atoms with E-state index in [-0.39, 0.29) is 11.8 Å². The fourth-order valence-corrected chi connectivity index (χ4v) is 4.81. The van der Waals surface area contributed by atoms with Crippen LogP contribution in [0.5, 0.6) is 0 Å². The van der Waals surface area contributed by atoms with Gasteiger partial charge in [0.05, 0.1) is 10.6 Å². The number of unbranched alkanes of at least 4 members (excludes halogenated alkanes) is 1. The molecule has 0 saturated carbocycles. The van der Waals surface area contributed by atoms with E-state index in [0.29, 0.717) is 22.7 Å². The zero-order valence-corrected chi connectivity index (χ0v) is 18.2. The molecule has 2 aromatic carbocycles. The highest BCUT2D eigenvalue weighted by molar-refractivity contribution is 8.04. The lowest BCUT2D eigenvalue weighted by Crippen LogP contribution is -2.25. The Morgan fingerprint density at radius 2 is 1.93 bits per heavy atom. The average molecular weight is 427 g/mol. The Balaban J connectivity index is 1.56. The zero-order valence-electron chi connectivity index (χ0n) is 16.6.